The molecule has 0 aliphatic carbocycles. The minimum atomic E-state index is -0.142. The van der Waals surface area contributed by atoms with E-state index in [4.69, 9.17) is 4.74 Å². The van der Waals surface area contributed by atoms with E-state index in [0.29, 0.717) is 6.04 Å². The molecule has 0 aliphatic rings. The molecule has 19 heavy (non-hydrogen) atoms. The SMILES string of the molecule is CCNC(C)(CO)CCCN(CCOC)C(C)CC. The van der Waals surface area contributed by atoms with E-state index in [1.807, 2.05) is 0 Å². The van der Waals surface area contributed by atoms with Crippen LogP contribution in [0.1, 0.15) is 47.0 Å². The number of rotatable bonds is 12. The zero-order chi connectivity index (χ0) is 14.7. The second-order valence-electron chi connectivity index (χ2n) is 5.64. The van der Waals surface area contributed by atoms with Crippen molar-refractivity contribution in [3.05, 3.63) is 0 Å². The van der Waals surface area contributed by atoms with Gasteiger partial charge in [-0.1, -0.05) is 13.8 Å². The number of ether oxygens (including phenoxy) is 1. The number of hydrogen-bond acceptors (Lipinski definition) is 4. The second kappa shape index (κ2) is 10.6. The molecule has 0 aromatic rings. The van der Waals surface area contributed by atoms with Gasteiger partial charge in [0.05, 0.1) is 13.2 Å². The van der Waals surface area contributed by atoms with Crippen molar-refractivity contribution in [2.24, 2.45) is 0 Å². The first-order valence-corrected chi connectivity index (χ1v) is 7.61. The Balaban J connectivity index is 4.15. The van der Waals surface area contributed by atoms with E-state index < -0.39 is 0 Å². The molecule has 0 aliphatic heterocycles. The van der Waals surface area contributed by atoms with Gasteiger partial charge in [0.25, 0.3) is 0 Å². The Kier molecular flexibility index (Phi) is 10.5. The summed E-state index contributed by atoms with van der Waals surface area (Å²) in [5.74, 6) is 0. The lowest BCUT2D eigenvalue weighted by molar-refractivity contribution is 0.113. The summed E-state index contributed by atoms with van der Waals surface area (Å²) in [5.41, 5.74) is -0.142. The monoisotopic (exact) mass is 274 g/mol. The average Bonchev–Trinajstić information content (AvgIpc) is 2.42. The van der Waals surface area contributed by atoms with Crippen LogP contribution in [0.4, 0.5) is 0 Å². The van der Waals surface area contributed by atoms with Crippen molar-refractivity contribution in [2.75, 3.05) is 40.0 Å². The second-order valence-corrected chi connectivity index (χ2v) is 5.64. The van der Waals surface area contributed by atoms with Crippen LogP contribution in [0.3, 0.4) is 0 Å². The lowest BCUT2D eigenvalue weighted by atomic mass is 9.96. The zero-order valence-corrected chi connectivity index (χ0v) is 13.5. The van der Waals surface area contributed by atoms with Crippen molar-refractivity contribution in [3.63, 3.8) is 0 Å². The van der Waals surface area contributed by atoms with Crippen LogP contribution < -0.4 is 5.32 Å². The number of methoxy groups -OCH3 is 1. The van der Waals surface area contributed by atoms with Gasteiger partial charge < -0.3 is 15.2 Å². The summed E-state index contributed by atoms with van der Waals surface area (Å²) in [7, 11) is 1.75. The summed E-state index contributed by atoms with van der Waals surface area (Å²) < 4.78 is 5.18. The molecule has 116 valence electrons. The molecular formula is C15H34N2O2. The molecule has 0 radical (unpaired) electrons. The van der Waals surface area contributed by atoms with E-state index in [-0.39, 0.29) is 12.1 Å². The lowest BCUT2D eigenvalue weighted by Crippen LogP contribution is -2.46. The van der Waals surface area contributed by atoms with Gasteiger partial charge in [-0.25, -0.2) is 0 Å². The largest absolute Gasteiger partial charge is 0.394 e. The molecule has 2 unspecified atom stereocenters. The third-order valence-corrected chi connectivity index (χ3v) is 3.92. The maximum absolute atomic E-state index is 9.48. The highest BCUT2D eigenvalue weighted by atomic mass is 16.5. The fourth-order valence-electron chi connectivity index (χ4n) is 2.34. The van der Waals surface area contributed by atoms with E-state index in [0.717, 1.165) is 45.5 Å². The molecule has 0 saturated carbocycles. The maximum Gasteiger partial charge on any atom is 0.0610 e. The van der Waals surface area contributed by atoms with Gasteiger partial charge in [0.1, 0.15) is 0 Å². The van der Waals surface area contributed by atoms with Crippen molar-refractivity contribution < 1.29 is 9.84 Å². The number of likely N-dealkylation sites (N-methyl/N-ethyl adjacent to an activating group) is 1. The van der Waals surface area contributed by atoms with E-state index >= 15 is 0 Å². The molecule has 0 heterocycles. The first-order chi connectivity index (χ1) is 9.02. The quantitative estimate of drug-likeness (QED) is 0.570. The number of aliphatic hydroxyl groups is 1. The summed E-state index contributed by atoms with van der Waals surface area (Å²) in [6.07, 6.45) is 3.25. The number of nitrogens with zero attached hydrogens (tertiary/aromatic N) is 1. The fraction of sp³-hybridized carbons (Fsp3) is 1.00. The van der Waals surface area contributed by atoms with Crippen LogP contribution in [-0.2, 0) is 4.74 Å². The van der Waals surface area contributed by atoms with E-state index in [1.165, 1.54) is 0 Å². The summed E-state index contributed by atoms with van der Waals surface area (Å²) in [4.78, 5) is 2.48. The average molecular weight is 274 g/mol. The topological polar surface area (TPSA) is 44.7 Å². The molecule has 0 fully saturated rings. The van der Waals surface area contributed by atoms with Gasteiger partial charge >= 0.3 is 0 Å². The summed E-state index contributed by atoms with van der Waals surface area (Å²) in [5, 5.41) is 12.9. The molecule has 4 heteroatoms. The predicted molar refractivity (Wildman–Crippen MR) is 81.6 cm³/mol. The highest BCUT2D eigenvalue weighted by Crippen LogP contribution is 2.13. The molecule has 0 spiro atoms. The van der Waals surface area contributed by atoms with E-state index in [9.17, 15) is 5.11 Å². The van der Waals surface area contributed by atoms with Crippen LogP contribution in [0.2, 0.25) is 0 Å². The van der Waals surface area contributed by atoms with E-state index in [2.05, 4.69) is 37.9 Å². The highest BCUT2D eigenvalue weighted by Gasteiger charge is 2.22. The summed E-state index contributed by atoms with van der Waals surface area (Å²) >= 11 is 0. The minimum absolute atomic E-state index is 0.142. The Hall–Kier alpha value is -0.160. The Morgan fingerprint density at radius 3 is 2.47 bits per heavy atom. The van der Waals surface area contributed by atoms with Gasteiger partial charge in [-0.2, -0.15) is 0 Å². The Labute approximate surface area is 119 Å². The molecule has 0 rings (SSSR count). The van der Waals surface area contributed by atoms with Gasteiger partial charge in [-0.15, -0.1) is 0 Å². The normalized spacial score (nSPS) is 16.6. The molecule has 0 saturated heterocycles. The number of aliphatic hydroxyl groups excluding tert-OH is 1. The predicted octanol–water partition coefficient (Wildman–Crippen LogP) is 1.87. The molecule has 0 aromatic carbocycles. The van der Waals surface area contributed by atoms with Crippen molar-refractivity contribution in [1.29, 1.82) is 0 Å². The third-order valence-electron chi connectivity index (χ3n) is 3.92. The molecule has 0 aromatic heterocycles. The molecular weight excluding hydrogens is 240 g/mol. The van der Waals surface area contributed by atoms with Crippen molar-refractivity contribution >= 4 is 0 Å². The maximum atomic E-state index is 9.48. The summed E-state index contributed by atoms with van der Waals surface area (Å²) in [6, 6.07) is 0.592. The number of hydrogen-bond donors (Lipinski definition) is 2. The lowest BCUT2D eigenvalue weighted by Gasteiger charge is -2.32. The highest BCUT2D eigenvalue weighted by molar-refractivity contribution is 4.82. The smallest absolute Gasteiger partial charge is 0.0610 e. The van der Waals surface area contributed by atoms with Gasteiger partial charge in [-0.3, -0.25) is 4.90 Å². The molecule has 0 bridgehead atoms. The van der Waals surface area contributed by atoms with Crippen LogP contribution >= 0.6 is 0 Å². The molecule has 4 nitrogen and oxygen atoms in total. The van der Waals surface area contributed by atoms with Gasteiger partial charge in [0, 0.05) is 25.2 Å². The molecule has 0 amide bonds. The Bertz CT molecular complexity index is 214. The van der Waals surface area contributed by atoms with Gasteiger partial charge in [0.2, 0.25) is 0 Å². The molecule has 2 N–H and O–H groups in total. The first-order valence-electron chi connectivity index (χ1n) is 7.61. The summed E-state index contributed by atoms with van der Waals surface area (Å²) in [6.45, 7) is 12.6. The minimum Gasteiger partial charge on any atom is -0.394 e. The van der Waals surface area contributed by atoms with Crippen LogP contribution in [-0.4, -0.2) is 61.5 Å². The fourth-order valence-corrected chi connectivity index (χ4v) is 2.34. The number of nitrogens with one attached hydrogen (secondary N) is 1. The van der Waals surface area contributed by atoms with Gasteiger partial charge in [-0.05, 0) is 46.2 Å². The third kappa shape index (κ3) is 7.88. The van der Waals surface area contributed by atoms with Crippen molar-refractivity contribution in [2.45, 2.75) is 58.5 Å². The molecule has 2 atom stereocenters. The zero-order valence-electron chi connectivity index (χ0n) is 13.5. The van der Waals surface area contributed by atoms with Crippen LogP contribution in [0.25, 0.3) is 0 Å². The van der Waals surface area contributed by atoms with Crippen molar-refractivity contribution in [1.82, 2.24) is 10.2 Å². The van der Waals surface area contributed by atoms with E-state index in [1.54, 1.807) is 7.11 Å². The Morgan fingerprint density at radius 2 is 2.00 bits per heavy atom. The van der Waals surface area contributed by atoms with Crippen molar-refractivity contribution in [3.8, 4) is 0 Å². The Morgan fingerprint density at radius 1 is 1.32 bits per heavy atom. The van der Waals surface area contributed by atoms with Gasteiger partial charge in [0.15, 0.2) is 0 Å². The standard InChI is InChI=1S/C15H34N2O2/c1-6-14(3)17(11-12-19-5)10-8-9-15(4,13-18)16-7-2/h14,16,18H,6-13H2,1-5H3. The van der Waals surface area contributed by atoms with Crippen LogP contribution in [0.5, 0.6) is 0 Å². The first kappa shape index (κ1) is 18.8. The van der Waals surface area contributed by atoms with Crippen LogP contribution in [0.15, 0.2) is 0 Å². The van der Waals surface area contributed by atoms with Crippen LogP contribution in [0, 0.1) is 0 Å².